The van der Waals surface area contributed by atoms with E-state index in [1.54, 1.807) is 0 Å². The fourth-order valence-electron chi connectivity index (χ4n) is 7.76. The first kappa shape index (κ1) is 28.8. The molecule has 0 unspecified atom stereocenters. The molecular weight excluding hydrogens is 631 g/mol. The molecule has 9 aromatic carbocycles. The van der Waals surface area contributed by atoms with Gasteiger partial charge in [0.1, 0.15) is 0 Å². The van der Waals surface area contributed by atoms with Crippen molar-refractivity contribution < 1.29 is 14.0 Å². The van der Waals surface area contributed by atoms with Crippen LogP contribution in [-0.2, 0) is 4.57 Å². The van der Waals surface area contributed by atoms with E-state index in [-0.39, 0.29) is 0 Å². The van der Waals surface area contributed by atoms with Crippen molar-refractivity contribution in [3.8, 4) is 34.1 Å². The van der Waals surface area contributed by atoms with Crippen molar-refractivity contribution in [3.63, 3.8) is 0 Å². The molecule has 50 heavy (non-hydrogen) atoms. The van der Waals surface area contributed by atoms with E-state index in [4.69, 9.17) is 9.47 Å². The molecule has 4 heteroatoms. The monoisotopic (exact) mass is 660 g/mol. The van der Waals surface area contributed by atoms with Gasteiger partial charge in [-0.25, -0.2) is 0 Å². The van der Waals surface area contributed by atoms with Crippen molar-refractivity contribution in [2.45, 2.75) is 0 Å². The predicted molar refractivity (Wildman–Crippen MR) is 208 cm³/mol. The molecule has 0 spiro atoms. The van der Waals surface area contributed by atoms with Crippen molar-refractivity contribution in [2.75, 3.05) is 0 Å². The minimum atomic E-state index is -3.35. The molecule has 1 heterocycles. The quantitative estimate of drug-likeness (QED) is 0.139. The molecule has 0 aliphatic carbocycles. The summed E-state index contributed by atoms with van der Waals surface area (Å²) in [5.41, 5.74) is 2.10. The minimum absolute atomic E-state index is 0.665. The summed E-state index contributed by atoms with van der Waals surface area (Å²) in [5.74, 6) is 2.79. The molecule has 9 aromatic rings. The van der Waals surface area contributed by atoms with Gasteiger partial charge < -0.3 is 14.0 Å². The number of hydrogen-bond donors (Lipinski definition) is 0. The van der Waals surface area contributed by atoms with Gasteiger partial charge in [0.2, 0.25) is 0 Å². The number of rotatable bonds is 4. The van der Waals surface area contributed by atoms with Crippen LogP contribution >= 0.6 is 7.14 Å². The van der Waals surface area contributed by atoms with Crippen molar-refractivity contribution in [2.24, 2.45) is 0 Å². The highest BCUT2D eigenvalue weighted by Crippen LogP contribution is 2.55. The normalized spacial score (nSPS) is 12.4. The van der Waals surface area contributed by atoms with E-state index in [0.717, 1.165) is 75.9 Å². The van der Waals surface area contributed by atoms with Crippen molar-refractivity contribution in [1.29, 1.82) is 0 Å². The Hall–Kier alpha value is -6.15. The Morgan fingerprint density at radius 2 is 0.860 bits per heavy atom. The van der Waals surface area contributed by atoms with Crippen LogP contribution in [-0.4, -0.2) is 0 Å². The van der Waals surface area contributed by atoms with Crippen LogP contribution in [0.15, 0.2) is 176 Å². The van der Waals surface area contributed by atoms with E-state index in [1.807, 2.05) is 97.1 Å². The summed E-state index contributed by atoms with van der Waals surface area (Å²) >= 11 is 0. The van der Waals surface area contributed by atoms with Crippen molar-refractivity contribution in [3.05, 3.63) is 176 Å². The Labute approximate surface area is 289 Å². The molecule has 0 amide bonds. The van der Waals surface area contributed by atoms with E-state index < -0.39 is 7.14 Å². The van der Waals surface area contributed by atoms with Crippen LogP contribution in [0, 0.1) is 0 Å². The molecule has 0 saturated carbocycles. The summed E-state index contributed by atoms with van der Waals surface area (Å²) in [4.78, 5) is 0. The average Bonchev–Trinajstić information content (AvgIpc) is 3.19. The molecule has 1 aliphatic heterocycles. The smallest absolute Gasteiger partial charge is 0.178 e. The second kappa shape index (κ2) is 11.2. The molecule has 3 nitrogen and oxygen atoms in total. The lowest BCUT2D eigenvalue weighted by Gasteiger charge is -2.27. The third-order valence-electron chi connectivity index (χ3n) is 9.96. The van der Waals surface area contributed by atoms with E-state index in [0.29, 0.717) is 17.2 Å². The Morgan fingerprint density at radius 3 is 1.48 bits per heavy atom. The molecule has 0 atom stereocenters. The molecule has 0 N–H and O–H groups in total. The van der Waals surface area contributed by atoms with Gasteiger partial charge in [-0.3, -0.25) is 0 Å². The molecule has 0 bridgehead atoms. The van der Waals surface area contributed by atoms with Crippen LogP contribution in [0.3, 0.4) is 0 Å². The second-order valence-electron chi connectivity index (χ2n) is 12.7. The molecule has 0 saturated heterocycles. The average molecular weight is 661 g/mol. The second-order valence-corrected chi connectivity index (χ2v) is 15.4. The lowest BCUT2D eigenvalue weighted by molar-refractivity contribution is 0.367. The third kappa shape index (κ3) is 4.21. The fourth-order valence-corrected chi connectivity index (χ4v) is 10.8. The number of fused-ring (bicyclic) bond motifs is 8. The van der Waals surface area contributed by atoms with Crippen molar-refractivity contribution >= 4 is 66.1 Å². The molecule has 0 radical (unpaired) electrons. The number of benzene rings is 9. The van der Waals surface area contributed by atoms with E-state index in [2.05, 4.69) is 78.9 Å². The molecular formula is C46H29O3P. The van der Waals surface area contributed by atoms with Crippen LogP contribution < -0.4 is 25.4 Å². The fraction of sp³-hybridized carbons (Fsp3) is 0. The Balaban J connectivity index is 1.30. The zero-order valence-corrected chi connectivity index (χ0v) is 27.8. The van der Waals surface area contributed by atoms with Crippen LogP contribution in [0.1, 0.15) is 0 Å². The minimum Gasteiger partial charge on any atom is -0.449 e. The van der Waals surface area contributed by atoms with Gasteiger partial charge in [-0.05, 0) is 55.6 Å². The summed E-state index contributed by atoms with van der Waals surface area (Å²) in [6, 6.07) is 59.5. The van der Waals surface area contributed by atoms with E-state index in [9.17, 15) is 0 Å². The highest BCUT2D eigenvalue weighted by atomic mass is 31.2. The van der Waals surface area contributed by atoms with Gasteiger partial charge in [-0.1, -0.05) is 164 Å². The molecule has 10 rings (SSSR count). The zero-order valence-electron chi connectivity index (χ0n) is 26.9. The molecule has 0 aromatic heterocycles. The maximum absolute atomic E-state index is 16.1. The van der Waals surface area contributed by atoms with E-state index >= 15 is 4.57 Å². The van der Waals surface area contributed by atoms with Gasteiger partial charge in [0.15, 0.2) is 30.1 Å². The summed E-state index contributed by atoms with van der Waals surface area (Å²) in [7, 11) is -3.35. The molecule has 236 valence electrons. The first-order valence-electron chi connectivity index (χ1n) is 16.8. The Bertz CT molecular complexity index is 2740. The predicted octanol–water partition coefficient (Wildman–Crippen LogP) is 11.5. The van der Waals surface area contributed by atoms with Crippen LogP contribution in [0.5, 0.6) is 23.0 Å². The Kier molecular flexibility index (Phi) is 6.46. The van der Waals surface area contributed by atoms with Gasteiger partial charge in [-0.15, -0.1) is 0 Å². The van der Waals surface area contributed by atoms with Gasteiger partial charge in [-0.2, -0.15) is 0 Å². The maximum atomic E-state index is 16.1. The van der Waals surface area contributed by atoms with Crippen LogP contribution in [0.25, 0.3) is 54.2 Å². The Morgan fingerprint density at radius 1 is 0.380 bits per heavy atom. The SMILES string of the molecule is O=P(c1ccccc1)(c1ccccc1)c1c2ccccc2c(-c2cc3c(c4ccccc24)Oc2c(ccc4ccccc24)O3)c2ccccc12. The van der Waals surface area contributed by atoms with Crippen molar-refractivity contribution in [1.82, 2.24) is 0 Å². The van der Waals surface area contributed by atoms with Crippen LogP contribution in [0.4, 0.5) is 0 Å². The number of ether oxygens (including phenoxy) is 2. The third-order valence-corrected chi connectivity index (χ3v) is 13.1. The topological polar surface area (TPSA) is 35.5 Å². The van der Waals surface area contributed by atoms with Gasteiger partial charge in [0.05, 0.1) is 0 Å². The largest absolute Gasteiger partial charge is 0.449 e. The highest BCUT2D eigenvalue weighted by molar-refractivity contribution is 7.86. The highest BCUT2D eigenvalue weighted by Gasteiger charge is 2.35. The molecule has 0 fully saturated rings. The summed E-state index contributed by atoms with van der Waals surface area (Å²) in [6.07, 6.45) is 0. The first-order valence-corrected chi connectivity index (χ1v) is 18.5. The van der Waals surface area contributed by atoms with Gasteiger partial charge in [0, 0.05) is 26.7 Å². The lowest BCUT2D eigenvalue weighted by atomic mass is 9.88. The van der Waals surface area contributed by atoms with Gasteiger partial charge in [0.25, 0.3) is 0 Å². The van der Waals surface area contributed by atoms with Crippen LogP contribution in [0.2, 0.25) is 0 Å². The maximum Gasteiger partial charge on any atom is 0.178 e. The first-order chi connectivity index (χ1) is 24.7. The van der Waals surface area contributed by atoms with Gasteiger partial charge >= 0.3 is 0 Å². The lowest BCUT2D eigenvalue weighted by Crippen LogP contribution is -2.26. The van der Waals surface area contributed by atoms with E-state index in [1.165, 1.54) is 0 Å². The summed E-state index contributed by atoms with van der Waals surface area (Å²) < 4.78 is 29.5. The molecule has 1 aliphatic rings. The summed E-state index contributed by atoms with van der Waals surface area (Å²) in [6.45, 7) is 0. The zero-order chi connectivity index (χ0) is 33.2. The number of hydrogen-bond acceptors (Lipinski definition) is 3. The summed E-state index contributed by atoms with van der Waals surface area (Å²) in [5, 5.41) is 10.6. The standard InChI is InChI=1S/C46H29O3P/c47-50(31-16-3-1-4-17-31,32-18-5-2-6-19-32)46-38-25-13-10-22-35(38)43(36-23-11-14-26-39(36)46)40-29-42-45(37-24-12-9-21-34(37)40)49-44-33-20-8-7-15-30(33)27-28-41(44)48-42/h1-29H.